The highest BCUT2D eigenvalue weighted by Crippen LogP contribution is 2.02. The molecule has 0 aromatic heterocycles. The number of nitrogens with zero attached hydrogens (tertiary/aromatic N) is 1. The lowest BCUT2D eigenvalue weighted by molar-refractivity contribution is -0.139. The maximum atomic E-state index is 12.0. The van der Waals surface area contributed by atoms with E-state index in [4.69, 9.17) is 10.4 Å². The zero-order valence-electron chi connectivity index (χ0n) is 13.5. The number of carbonyl (C=O) groups excluding carboxylic acids is 1. The highest BCUT2D eigenvalue weighted by atomic mass is 32.2. The van der Waals surface area contributed by atoms with Crippen LogP contribution >= 0.6 is 11.8 Å². The van der Waals surface area contributed by atoms with Crippen molar-refractivity contribution in [2.75, 3.05) is 18.6 Å². The molecule has 0 spiro atoms. The van der Waals surface area contributed by atoms with Crippen molar-refractivity contribution in [2.45, 2.75) is 18.9 Å². The largest absolute Gasteiger partial charge is 0.480 e. The van der Waals surface area contributed by atoms with Crippen LogP contribution in [0.2, 0.25) is 0 Å². The van der Waals surface area contributed by atoms with E-state index in [1.807, 2.05) is 36.6 Å². The van der Waals surface area contributed by atoms with Gasteiger partial charge in [-0.25, -0.2) is 4.79 Å². The first-order valence-electron chi connectivity index (χ1n) is 7.48. The lowest BCUT2D eigenvalue weighted by Crippen LogP contribution is -2.35. The number of carboxylic acid groups (broad SMARTS) is 1. The van der Waals surface area contributed by atoms with Crippen molar-refractivity contribution in [3.8, 4) is 6.07 Å². The van der Waals surface area contributed by atoms with Crippen LogP contribution in [-0.4, -0.2) is 41.6 Å². The van der Waals surface area contributed by atoms with Gasteiger partial charge in [-0.2, -0.15) is 17.0 Å². The van der Waals surface area contributed by atoms with Crippen LogP contribution in [0.4, 0.5) is 0 Å². The Labute approximate surface area is 145 Å². The second kappa shape index (κ2) is 11.1. The second-order valence-electron chi connectivity index (χ2n) is 5.00. The molecule has 3 N–H and O–H groups in total. The van der Waals surface area contributed by atoms with Gasteiger partial charge in [0.25, 0.3) is 5.91 Å². The van der Waals surface area contributed by atoms with Gasteiger partial charge >= 0.3 is 5.97 Å². The summed E-state index contributed by atoms with van der Waals surface area (Å²) in [7, 11) is 0. The van der Waals surface area contributed by atoms with Gasteiger partial charge < -0.3 is 15.7 Å². The normalized spacial score (nSPS) is 12.1. The molecule has 1 rings (SSSR count). The lowest BCUT2D eigenvalue weighted by atomic mass is 10.1. The number of hydrogen-bond donors (Lipinski definition) is 3. The molecular formula is C17H21N3O3S. The minimum absolute atomic E-state index is 0.140. The van der Waals surface area contributed by atoms with Crippen molar-refractivity contribution >= 4 is 23.6 Å². The van der Waals surface area contributed by atoms with Crippen molar-refractivity contribution in [3.05, 3.63) is 47.7 Å². The molecule has 1 aromatic rings. The first-order chi connectivity index (χ1) is 11.6. The van der Waals surface area contributed by atoms with Crippen molar-refractivity contribution in [1.82, 2.24) is 10.6 Å². The molecule has 1 atom stereocenters. The average Bonchev–Trinajstić information content (AvgIpc) is 2.58. The third-order valence-electron chi connectivity index (χ3n) is 3.24. The number of rotatable bonds is 10. The molecule has 0 aliphatic rings. The monoisotopic (exact) mass is 347 g/mol. The van der Waals surface area contributed by atoms with Crippen LogP contribution < -0.4 is 10.6 Å². The Balaban J connectivity index is 2.52. The average molecular weight is 347 g/mol. The second-order valence-corrected chi connectivity index (χ2v) is 5.99. The fourth-order valence-corrected chi connectivity index (χ4v) is 2.38. The number of carbonyl (C=O) groups is 2. The predicted octanol–water partition coefficient (Wildman–Crippen LogP) is 1.55. The molecule has 7 heteroatoms. The maximum Gasteiger partial charge on any atom is 0.326 e. The topological polar surface area (TPSA) is 102 Å². The summed E-state index contributed by atoms with van der Waals surface area (Å²) in [5.74, 6) is -0.861. The van der Waals surface area contributed by atoms with Gasteiger partial charge in [-0.15, -0.1) is 0 Å². The minimum atomic E-state index is -1.01. The summed E-state index contributed by atoms with van der Waals surface area (Å²) in [5, 5.41) is 23.5. The van der Waals surface area contributed by atoms with Gasteiger partial charge in [0.2, 0.25) is 0 Å². The molecule has 0 bridgehead atoms. The number of amides is 1. The van der Waals surface area contributed by atoms with Crippen LogP contribution in [0.1, 0.15) is 12.0 Å². The van der Waals surface area contributed by atoms with Gasteiger partial charge in [0, 0.05) is 12.7 Å². The van der Waals surface area contributed by atoms with E-state index in [0.29, 0.717) is 25.1 Å². The van der Waals surface area contributed by atoms with Crippen LogP contribution in [0.5, 0.6) is 0 Å². The van der Waals surface area contributed by atoms with Crippen LogP contribution in [-0.2, 0) is 16.0 Å². The van der Waals surface area contributed by atoms with Crippen molar-refractivity contribution in [3.63, 3.8) is 0 Å². The molecule has 1 unspecified atom stereocenters. The molecule has 6 nitrogen and oxygen atoms in total. The van der Waals surface area contributed by atoms with Crippen molar-refractivity contribution < 1.29 is 14.7 Å². The number of aliphatic carboxylic acids is 1. The Morgan fingerprint density at radius 2 is 2.08 bits per heavy atom. The van der Waals surface area contributed by atoms with E-state index in [1.165, 1.54) is 18.0 Å². The summed E-state index contributed by atoms with van der Waals surface area (Å²) < 4.78 is 0. The highest BCUT2D eigenvalue weighted by molar-refractivity contribution is 7.98. The van der Waals surface area contributed by atoms with Crippen LogP contribution in [0.25, 0.3) is 0 Å². The molecule has 0 heterocycles. The summed E-state index contributed by atoms with van der Waals surface area (Å²) in [4.78, 5) is 23.1. The number of carboxylic acids is 1. The molecule has 1 aromatic carbocycles. The van der Waals surface area contributed by atoms with Crippen LogP contribution in [0.15, 0.2) is 42.1 Å². The van der Waals surface area contributed by atoms with E-state index in [2.05, 4.69) is 10.6 Å². The number of hydrogen-bond acceptors (Lipinski definition) is 5. The third-order valence-corrected chi connectivity index (χ3v) is 3.89. The molecule has 0 aliphatic carbocycles. The SMILES string of the molecule is CSCCC(N/C=C(/C#N)C(=O)NCCc1ccccc1)C(=O)O. The highest BCUT2D eigenvalue weighted by Gasteiger charge is 2.16. The van der Waals surface area contributed by atoms with Crippen LogP contribution in [0.3, 0.4) is 0 Å². The summed E-state index contributed by atoms with van der Waals surface area (Å²) >= 11 is 1.53. The Morgan fingerprint density at radius 3 is 2.67 bits per heavy atom. The molecule has 0 aliphatic heterocycles. The number of nitriles is 1. The quantitative estimate of drug-likeness (QED) is 0.438. The molecule has 0 radical (unpaired) electrons. The molecule has 0 saturated heterocycles. The lowest BCUT2D eigenvalue weighted by Gasteiger charge is -2.12. The number of nitrogens with one attached hydrogen (secondary N) is 2. The van der Waals surface area contributed by atoms with E-state index in [-0.39, 0.29) is 5.57 Å². The van der Waals surface area contributed by atoms with E-state index in [1.54, 1.807) is 6.07 Å². The zero-order valence-corrected chi connectivity index (χ0v) is 14.3. The standard InChI is InChI=1S/C17H21N3O3S/c1-24-10-8-15(17(22)23)20-12-14(11-18)16(21)19-9-7-13-5-3-2-4-6-13/h2-6,12,15,20H,7-10H2,1H3,(H,19,21)(H,22,23)/b14-12-. The summed E-state index contributed by atoms with van der Waals surface area (Å²) in [6, 6.07) is 10.6. The van der Waals surface area contributed by atoms with Gasteiger partial charge in [-0.3, -0.25) is 4.79 Å². The van der Waals surface area contributed by atoms with E-state index in [0.717, 1.165) is 5.56 Å². The van der Waals surface area contributed by atoms with E-state index < -0.39 is 17.9 Å². The zero-order chi connectivity index (χ0) is 17.8. The Hall–Kier alpha value is -2.46. The van der Waals surface area contributed by atoms with Gasteiger partial charge in [0.1, 0.15) is 17.7 Å². The fraction of sp³-hybridized carbons (Fsp3) is 0.353. The first kappa shape index (κ1) is 19.6. The number of benzene rings is 1. The van der Waals surface area contributed by atoms with E-state index >= 15 is 0 Å². The smallest absolute Gasteiger partial charge is 0.326 e. The fourth-order valence-electron chi connectivity index (χ4n) is 1.91. The summed E-state index contributed by atoms with van der Waals surface area (Å²) in [6.45, 7) is 0.400. The van der Waals surface area contributed by atoms with Crippen molar-refractivity contribution in [1.29, 1.82) is 5.26 Å². The minimum Gasteiger partial charge on any atom is -0.480 e. The Kier molecular flexibility index (Phi) is 9.09. The first-order valence-corrected chi connectivity index (χ1v) is 8.88. The Bertz CT molecular complexity index is 611. The molecule has 0 fully saturated rings. The predicted molar refractivity (Wildman–Crippen MR) is 94.4 cm³/mol. The van der Waals surface area contributed by atoms with Crippen LogP contribution in [0, 0.1) is 11.3 Å². The molecule has 128 valence electrons. The summed E-state index contributed by atoms with van der Waals surface area (Å²) in [6.07, 6.45) is 4.12. The third kappa shape index (κ3) is 7.20. The van der Waals surface area contributed by atoms with Gasteiger partial charge in [-0.1, -0.05) is 30.3 Å². The van der Waals surface area contributed by atoms with Crippen molar-refractivity contribution in [2.24, 2.45) is 0 Å². The molecule has 0 saturated carbocycles. The molecule has 24 heavy (non-hydrogen) atoms. The molecular weight excluding hydrogens is 326 g/mol. The van der Waals surface area contributed by atoms with Gasteiger partial charge in [0.05, 0.1) is 0 Å². The van der Waals surface area contributed by atoms with Gasteiger partial charge in [-0.05, 0) is 30.4 Å². The Morgan fingerprint density at radius 1 is 1.38 bits per heavy atom. The summed E-state index contributed by atoms with van der Waals surface area (Å²) in [5.41, 5.74) is 0.944. The molecule has 1 amide bonds. The maximum absolute atomic E-state index is 12.0. The number of thioether (sulfide) groups is 1. The van der Waals surface area contributed by atoms with Gasteiger partial charge in [0.15, 0.2) is 0 Å². The van der Waals surface area contributed by atoms with E-state index in [9.17, 15) is 9.59 Å².